The first-order valence-electron chi connectivity index (χ1n) is 11.6. The van der Waals surface area contributed by atoms with E-state index in [1.54, 1.807) is 16.7 Å². The Labute approximate surface area is 207 Å². The van der Waals surface area contributed by atoms with E-state index in [9.17, 15) is 9.59 Å². The van der Waals surface area contributed by atoms with Crippen LogP contribution in [0.2, 0.25) is 0 Å². The molecule has 1 amide bonds. The molecule has 2 aliphatic heterocycles. The fraction of sp³-hybridized carbons (Fsp3) is 0.360. The molecular formula is C25H27N5O4S. The van der Waals surface area contributed by atoms with Crippen molar-refractivity contribution < 1.29 is 14.3 Å². The Kier molecular flexibility index (Phi) is 7.01. The lowest BCUT2D eigenvalue weighted by Crippen LogP contribution is -2.29. The number of hydrogen-bond donors (Lipinski definition) is 1. The van der Waals surface area contributed by atoms with Crippen LogP contribution in [0.4, 0.5) is 0 Å². The third kappa shape index (κ3) is 5.18. The number of carbonyl (C=O) groups is 1. The van der Waals surface area contributed by atoms with Gasteiger partial charge in [-0.2, -0.15) is 5.10 Å². The molecule has 35 heavy (non-hydrogen) atoms. The fourth-order valence-electron chi connectivity index (χ4n) is 4.39. The van der Waals surface area contributed by atoms with Gasteiger partial charge >= 0.3 is 5.69 Å². The minimum atomic E-state index is -0.294. The molecule has 0 bridgehead atoms. The number of amides is 1. The van der Waals surface area contributed by atoms with Crippen LogP contribution in [0.1, 0.15) is 36.4 Å². The number of benzene rings is 2. The van der Waals surface area contributed by atoms with Gasteiger partial charge in [0.2, 0.25) is 0 Å². The largest absolute Gasteiger partial charge is 0.497 e. The van der Waals surface area contributed by atoms with Crippen LogP contribution in [0.5, 0.6) is 5.75 Å². The molecule has 0 spiro atoms. The number of hydrogen-bond acceptors (Lipinski definition) is 7. The molecular weight excluding hydrogens is 466 g/mol. The van der Waals surface area contributed by atoms with E-state index in [-0.39, 0.29) is 29.5 Å². The highest BCUT2D eigenvalue weighted by atomic mass is 32.2. The number of H-pyrrole nitrogens is 1. The molecule has 1 saturated heterocycles. The van der Waals surface area contributed by atoms with Crippen molar-refractivity contribution >= 4 is 23.4 Å². The molecule has 2 aromatic carbocycles. The summed E-state index contributed by atoms with van der Waals surface area (Å²) in [6.45, 7) is 1.14. The van der Waals surface area contributed by atoms with Crippen molar-refractivity contribution in [3.63, 3.8) is 0 Å². The molecule has 3 aromatic rings. The number of nitrogens with zero attached hydrogens (tertiary/aromatic N) is 4. The summed E-state index contributed by atoms with van der Waals surface area (Å²) in [7, 11) is 1.63. The summed E-state index contributed by atoms with van der Waals surface area (Å²) >= 11 is 1.23. The van der Waals surface area contributed by atoms with E-state index < -0.39 is 0 Å². The molecule has 0 saturated carbocycles. The van der Waals surface area contributed by atoms with Gasteiger partial charge in [-0.25, -0.2) is 14.9 Å². The van der Waals surface area contributed by atoms with Crippen molar-refractivity contribution in [2.75, 3.05) is 19.5 Å². The number of thioether (sulfide) groups is 1. The van der Waals surface area contributed by atoms with Gasteiger partial charge in [0.15, 0.2) is 5.16 Å². The smallest absolute Gasteiger partial charge is 0.344 e. The third-order valence-electron chi connectivity index (χ3n) is 6.23. The van der Waals surface area contributed by atoms with Crippen LogP contribution in [-0.2, 0) is 16.1 Å². The van der Waals surface area contributed by atoms with Crippen molar-refractivity contribution in [1.29, 1.82) is 0 Å². The summed E-state index contributed by atoms with van der Waals surface area (Å²) in [5, 5.41) is 13.4. The summed E-state index contributed by atoms with van der Waals surface area (Å²) in [5.41, 5.74) is 2.54. The Hall–Kier alpha value is -3.37. The van der Waals surface area contributed by atoms with E-state index in [1.807, 2.05) is 54.6 Å². The molecule has 3 heterocycles. The summed E-state index contributed by atoms with van der Waals surface area (Å²) in [5.74, 6) is 0.710. The van der Waals surface area contributed by atoms with Gasteiger partial charge in [0.1, 0.15) is 5.75 Å². The maximum absolute atomic E-state index is 13.4. The second-order valence-corrected chi connectivity index (χ2v) is 9.43. The number of rotatable bonds is 8. The van der Waals surface area contributed by atoms with Gasteiger partial charge in [0.25, 0.3) is 5.91 Å². The Morgan fingerprint density at radius 3 is 2.71 bits per heavy atom. The Balaban J connectivity index is 1.34. The predicted molar refractivity (Wildman–Crippen MR) is 133 cm³/mol. The maximum Gasteiger partial charge on any atom is 0.344 e. The van der Waals surface area contributed by atoms with Crippen molar-refractivity contribution in [2.24, 2.45) is 5.10 Å². The third-order valence-corrected chi connectivity index (χ3v) is 7.19. The van der Waals surface area contributed by atoms with Crippen LogP contribution in [0, 0.1) is 0 Å². The summed E-state index contributed by atoms with van der Waals surface area (Å²) in [4.78, 5) is 25.7. The van der Waals surface area contributed by atoms with E-state index >= 15 is 0 Å². The molecule has 182 valence electrons. The van der Waals surface area contributed by atoms with E-state index in [4.69, 9.17) is 14.6 Å². The highest BCUT2D eigenvalue weighted by molar-refractivity contribution is 7.99. The molecule has 1 aromatic heterocycles. The SMILES string of the molecule is COc1ccc(C2CC(c3ccccc3)=NN2C(=O)CSc2n[nH]c(=O)n2CC2CCCO2)cc1. The van der Waals surface area contributed by atoms with Crippen LogP contribution in [0.25, 0.3) is 0 Å². The van der Waals surface area contributed by atoms with E-state index in [1.165, 1.54) is 11.8 Å². The van der Waals surface area contributed by atoms with Crippen molar-refractivity contribution in [1.82, 2.24) is 19.8 Å². The number of aromatic nitrogens is 3. The fourth-order valence-corrected chi connectivity index (χ4v) is 5.20. The Morgan fingerprint density at radius 2 is 2.00 bits per heavy atom. The number of hydrazone groups is 1. The number of nitrogens with one attached hydrogen (secondary N) is 1. The zero-order chi connectivity index (χ0) is 24.2. The molecule has 10 heteroatoms. The van der Waals surface area contributed by atoms with Gasteiger partial charge in [-0.15, -0.1) is 5.10 Å². The second kappa shape index (κ2) is 10.5. The van der Waals surface area contributed by atoms with Crippen LogP contribution < -0.4 is 10.4 Å². The molecule has 9 nitrogen and oxygen atoms in total. The Bertz CT molecular complexity index is 1250. The minimum absolute atomic E-state index is 0.00332. The monoisotopic (exact) mass is 493 g/mol. The van der Waals surface area contributed by atoms with Gasteiger partial charge in [0.05, 0.1) is 37.3 Å². The molecule has 0 aliphatic carbocycles. The lowest BCUT2D eigenvalue weighted by molar-refractivity contribution is -0.130. The van der Waals surface area contributed by atoms with Gasteiger partial charge in [-0.3, -0.25) is 9.36 Å². The standard InChI is InChI=1S/C25H27N5O4S/c1-33-19-11-9-18(10-12-19)22-14-21(17-6-3-2-4-7-17)28-30(22)23(31)16-35-25-27-26-24(32)29(25)15-20-8-5-13-34-20/h2-4,6-7,9-12,20,22H,5,8,13-16H2,1H3,(H,26,32). The highest BCUT2D eigenvalue weighted by Crippen LogP contribution is 2.34. The normalized spacial score (nSPS) is 19.7. The minimum Gasteiger partial charge on any atom is -0.497 e. The molecule has 5 rings (SSSR count). The average molecular weight is 494 g/mol. The summed E-state index contributed by atoms with van der Waals surface area (Å²) < 4.78 is 12.5. The summed E-state index contributed by atoms with van der Waals surface area (Å²) in [6.07, 6.45) is 2.51. The number of aromatic amines is 1. The van der Waals surface area contributed by atoms with E-state index in [0.717, 1.165) is 35.4 Å². The lowest BCUT2D eigenvalue weighted by Gasteiger charge is -2.22. The average Bonchev–Trinajstić information content (AvgIpc) is 3.65. The highest BCUT2D eigenvalue weighted by Gasteiger charge is 2.33. The lowest BCUT2D eigenvalue weighted by atomic mass is 9.98. The second-order valence-electron chi connectivity index (χ2n) is 8.49. The van der Waals surface area contributed by atoms with Gasteiger partial charge in [-0.05, 0) is 36.1 Å². The first kappa shape index (κ1) is 23.4. The first-order chi connectivity index (χ1) is 17.1. The van der Waals surface area contributed by atoms with Crippen LogP contribution in [0.15, 0.2) is 69.6 Å². The number of ether oxygens (including phenoxy) is 2. The summed E-state index contributed by atoms with van der Waals surface area (Å²) in [6, 6.07) is 17.4. The topological polar surface area (TPSA) is 102 Å². The van der Waals surface area contributed by atoms with Gasteiger partial charge in [-0.1, -0.05) is 54.2 Å². The Morgan fingerprint density at radius 1 is 1.20 bits per heavy atom. The van der Waals surface area contributed by atoms with Crippen LogP contribution in [0.3, 0.4) is 0 Å². The first-order valence-corrected chi connectivity index (χ1v) is 12.6. The quantitative estimate of drug-likeness (QED) is 0.484. The molecule has 1 N–H and O–H groups in total. The van der Waals surface area contributed by atoms with Gasteiger partial charge in [0, 0.05) is 13.0 Å². The molecule has 0 radical (unpaired) electrons. The zero-order valence-corrected chi connectivity index (χ0v) is 20.2. The number of methoxy groups -OCH3 is 1. The van der Waals surface area contributed by atoms with Crippen LogP contribution >= 0.6 is 11.8 Å². The van der Waals surface area contributed by atoms with Crippen molar-refractivity contribution in [2.45, 2.75) is 43.1 Å². The molecule has 2 atom stereocenters. The predicted octanol–water partition coefficient (Wildman–Crippen LogP) is 3.23. The molecule has 2 aliphatic rings. The van der Waals surface area contributed by atoms with Gasteiger partial charge < -0.3 is 9.47 Å². The number of carbonyl (C=O) groups excluding carboxylic acids is 1. The van der Waals surface area contributed by atoms with Crippen molar-refractivity contribution in [3.8, 4) is 5.75 Å². The van der Waals surface area contributed by atoms with E-state index in [2.05, 4.69) is 10.2 Å². The van der Waals surface area contributed by atoms with Crippen molar-refractivity contribution in [3.05, 3.63) is 76.2 Å². The molecule has 1 fully saturated rings. The molecule has 2 unspecified atom stereocenters. The van der Waals surface area contributed by atoms with Crippen LogP contribution in [-0.4, -0.2) is 57.0 Å². The zero-order valence-electron chi connectivity index (χ0n) is 19.4. The van der Waals surface area contributed by atoms with E-state index in [0.29, 0.717) is 24.7 Å². The maximum atomic E-state index is 13.4.